The summed E-state index contributed by atoms with van der Waals surface area (Å²) < 4.78 is 52.9. The third-order valence-corrected chi connectivity index (χ3v) is 9.36. The fraction of sp³-hybridized carbons (Fsp3) is 0.615. The Bertz CT molecular complexity index is 1240. The molecule has 1 amide bonds. The Balaban J connectivity index is 1.33. The molecule has 0 saturated carbocycles. The zero-order chi connectivity index (χ0) is 26.4. The van der Waals surface area contributed by atoms with Gasteiger partial charge in [-0.2, -0.15) is 5.10 Å². The minimum atomic E-state index is -2.56. The van der Waals surface area contributed by atoms with Crippen molar-refractivity contribution in [2.24, 2.45) is 0 Å². The third kappa shape index (κ3) is 4.76. The quantitative estimate of drug-likeness (QED) is 0.547. The van der Waals surface area contributed by atoms with Crippen LogP contribution in [0.4, 0.5) is 8.78 Å². The van der Waals surface area contributed by atoms with Crippen molar-refractivity contribution in [3.8, 4) is 17.0 Å². The van der Waals surface area contributed by atoms with Gasteiger partial charge in [0.05, 0.1) is 66.6 Å². The number of rotatable bonds is 6. The number of halogens is 2. The van der Waals surface area contributed by atoms with Crippen molar-refractivity contribution in [2.45, 2.75) is 35.5 Å². The lowest BCUT2D eigenvalue weighted by molar-refractivity contribution is -0.131. The Labute approximate surface area is 223 Å². The van der Waals surface area contributed by atoms with E-state index in [4.69, 9.17) is 14.6 Å². The number of hydrogen-bond donors (Lipinski definition) is 0. The third-order valence-electron chi connectivity index (χ3n) is 7.94. The summed E-state index contributed by atoms with van der Waals surface area (Å²) in [6.07, 6.45) is 1.83. The molecule has 1 aromatic heterocycles. The largest absolute Gasteiger partial charge is 0.495 e. The molecule has 2 atom stereocenters. The molecule has 5 heterocycles. The van der Waals surface area contributed by atoms with E-state index in [-0.39, 0.29) is 30.8 Å². The number of carbonyl (C=O) groups is 1. The molecule has 206 valence electrons. The monoisotopic (exact) mass is 549 g/mol. The van der Waals surface area contributed by atoms with Crippen LogP contribution in [0.2, 0.25) is 0 Å². The number of methoxy groups -OCH3 is 1. The van der Waals surface area contributed by atoms with Gasteiger partial charge in [-0.1, -0.05) is 12.1 Å². The fourth-order valence-corrected chi connectivity index (χ4v) is 7.49. The number of nitrogens with zero attached hydrogens (tertiary/aromatic N) is 5. The Morgan fingerprint density at radius 3 is 2.68 bits per heavy atom. The Kier molecular flexibility index (Phi) is 7.00. The van der Waals surface area contributed by atoms with Crippen LogP contribution in [0.15, 0.2) is 23.1 Å². The zero-order valence-corrected chi connectivity index (χ0v) is 22.4. The summed E-state index contributed by atoms with van der Waals surface area (Å²) in [6.45, 7) is 4.58. The Morgan fingerprint density at radius 2 is 1.95 bits per heavy atom. The van der Waals surface area contributed by atoms with Crippen LogP contribution in [0.3, 0.4) is 0 Å². The molecule has 1 aromatic carbocycles. The van der Waals surface area contributed by atoms with E-state index < -0.39 is 16.7 Å². The molecule has 3 saturated heterocycles. The fourth-order valence-electron chi connectivity index (χ4n) is 6.03. The highest BCUT2D eigenvalue weighted by Gasteiger charge is 2.43. The van der Waals surface area contributed by atoms with Crippen LogP contribution in [0, 0.1) is 0 Å². The lowest BCUT2D eigenvalue weighted by atomic mass is 10.0. The van der Waals surface area contributed by atoms with Crippen LogP contribution in [-0.4, -0.2) is 113 Å². The smallest absolute Gasteiger partial charge is 0.274 e. The van der Waals surface area contributed by atoms with Crippen molar-refractivity contribution < 1.29 is 27.3 Å². The van der Waals surface area contributed by atoms with Crippen LogP contribution < -0.4 is 4.74 Å². The van der Waals surface area contributed by atoms with Crippen LogP contribution in [0.5, 0.6) is 5.75 Å². The highest BCUT2D eigenvalue weighted by Crippen LogP contribution is 2.44. The first-order chi connectivity index (χ1) is 18.3. The Morgan fingerprint density at radius 1 is 1.18 bits per heavy atom. The minimum Gasteiger partial charge on any atom is -0.495 e. The number of morpholine rings is 1. The first-order valence-electron chi connectivity index (χ1n) is 13.2. The van der Waals surface area contributed by atoms with Gasteiger partial charge in [-0.25, -0.2) is 8.78 Å². The number of hydrogen-bond acceptors (Lipinski definition) is 7. The standard InChI is InChI=1S/C26H33F2N5O4S/c1-36-21-6-2-5-19-23-20(15-38(35)24(19)21)22(25(34)32-10-12-37-13-11-32)29-33(23)18-4-3-7-30(14-18)8-9-31-16-26(27,28)17-31/h2,5-6,18H,3-4,7-17H2,1H3/t18-,38?/m0/s1. The second-order valence-corrected chi connectivity index (χ2v) is 11.9. The van der Waals surface area contributed by atoms with Gasteiger partial charge in [0.25, 0.3) is 11.8 Å². The Hall–Kier alpha value is -2.41. The first-order valence-corrected chi connectivity index (χ1v) is 14.5. The molecule has 1 unspecified atom stereocenters. The van der Waals surface area contributed by atoms with Crippen LogP contribution in [-0.2, 0) is 21.3 Å². The zero-order valence-electron chi connectivity index (χ0n) is 21.5. The summed E-state index contributed by atoms with van der Waals surface area (Å²) in [6, 6.07) is 5.62. The van der Waals surface area contributed by atoms with E-state index in [2.05, 4.69) is 4.90 Å². The highest BCUT2D eigenvalue weighted by atomic mass is 32.2. The molecule has 3 fully saturated rings. The van der Waals surface area contributed by atoms with Crippen LogP contribution in [0.1, 0.15) is 34.9 Å². The van der Waals surface area contributed by atoms with Gasteiger partial charge in [0.2, 0.25) is 0 Å². The van der Waals surface area contributed by atoms with E-state index in [9.17, 15) is 17.8 Å². The minimum absolute atomic E-state index is 0.00663. The predicted octanol–water partition coefficient (Wildman–Crippen LogP) is 2.24. The van der Waals surface area contributed by atoms with E-state index in [1.807, 2.05) is 22.9 Å². The summed E-state index contributed by atoms with van der Waals surface area (Å²) in [5.41, 5.74) is 2.71. The van der Waals surface area contributed by atoms with Crippen LogP contribution in [0.25, 0.3) is 11.3 Å². The van der Waals surface area contributed by atoms with Crippen molar-refractivity contribution in [2.75, 3.05) is 72.7 Å². The van der Waals surface area contributed by atoms with Crippen LogP contribution >= 0.6 is 0 Å². The van der Waals surface area contributed by atoms with Crippen molar-refractivity contribution >= 4 is 16.7 Å². The molecule has 4 aliphatic rings. The van der Waals surface area contributed by atoms with Gasteiger partial charge in [-0.05, 0) is 25.5 Å². The molecule has 0 aliphatic carbocycles. The highest BCUT2D eigenvalue weighted by molar-refractivity contribution is 7.84. The number of fused-ring (bicyclic) bond motifs is 3. The number of alkyl halides is 2. The van der Waals surface area contributed by atoms with E-state index in [0.717, 1.165) is 36.2 Å². The van der Waals surface area contributed by atoms with Gasteiger partial charge in [0, 0.05) is 43.9 Å². The first kappa shape index (κ1) is 25.8. The lowest BCUT2D eigenvalue weighted by Crippen LogP contribution is -2.57. The maximum atomic E-state index is 13.6. The van der Waals surface area contributed by atoms with E-state index >= 15 is 0 Å². The SMILES string of the molecule is COc1cccc2c1S(=O)Cc1c(C(=O)N3CCOCC3)nn([C@H]3CCCN(CCN4CC(F)(F)C4)C3)c1-2. The summed E-state index contributed by atoms with van der Waals surface area (Å²) in [5.74, 6) is -1.94. The maximum absolute atomic E-state index is 13.6. The number of piperidine rings is 1. The molecular formula is C26H33F2N5O4S. The molecule has 12 heteroatoms. The second-order valence-electron chi connectivity index (χ2n) is 10.5. The molecular weight excluding hydrogens is 516 g/mol. The number of amides is 1. The number of aromatic nitrogens is 2. The van der Waals surface area contributed by atoms with Gasteiger partial charge < -0.3 is 14.4 Å². The average Bonchev–Trinajstić information content (AvgIpc) is 3.30. The van der Waals surface area contributed by atoms with Gasteiger partial charge in [-0.3, -0.25) is 23.5 Å². The summed E-state index contributed by atoms with van der Waals surface area (Å²) in [4.78, 5) is 20.1. The predicted molar refractivity (Wildman–Crippen MR) is 137 cm³/mol. The molecule has 0 bridgehead atoms. The summed E-state index contributed by atoms with van der Waals surface area (Å²) in [7, 11) is 0.191. The van der Waals surface area contributed by atoms with Gasteiger partial charge in [0.15, 0.2) is 5.69 Å². The number of carbonyl (C=O) groups excluding carboxylic acids is 1. The van der Waals surface area contributed by atoms with Crippen molar-refractivity contribution in [1.82, 2.24) is 24.5 Å². The van der Waals surface area contributed by atoms with E-state index in [1.54, 1.807) is 16.9 Å². The molecule has 0 N–H and O–H groups in total. The average molecular weight is 550 g/mol. The molecule has 0 spiro atoms. The summed E-state index contributed by atoms with van der Waals surface area (Å²) >= 11 is 0. The molecule has 9 nitrogen and oxygen atoms in total. The molecule has 4 aliphatic heterocycles. The normalized spacial score (nSPS) is 25.4. The molecule has 38 heavy (non-hydrogen) atoms. The van der Waals surface area contributed by atoms with E-state index in [0.29, 0.717) is 62.3 Å². The van der Waals surface area contributed by atoms with Gasteiger partial charge >= 0.3 is 0 Å². The van der Waals surface area contributed by atoms with Crippen molar-refractivity contribution in [1.29, 1.82) is 0 Å². The number of likely N-dealkylation sites (tertiary alicyclic amines) is 2. The molecule has 2 aromatic rings. The van der Waals surface area contributed by atoms with Gasteiger partial charge in [0.1, 0.15) is 5.75 Å². The lowest BCUT2D eigenvalue weighted by Gasteiger charge is -2.41. The number of benzene rings is 1. The van der Waals surface area contributed by atoms with Crippen molar-refractivity contribution in [3.05, 3.63) is 29.5 Å². The number of ether oxygens (including phenoxy) is 2. The van der Waals surface area contributed by atoms with Gasteiger partial charge in [-0.15, -0.1) is 0 Å². The van der Waals surface area contributed by atoms with E-state index in [1.165, 1.54) is 0 Å². The summed E-state index contributed by atoms with van der Waals surface area (Å²) in [5, 5.41) is 4.93. The van der Waals surface area contributed by atoms with Crippen molar-refractivity contribution in [3.63, 3.8) is 0 Å². The maximum Gasteiger partial charge on any atom is 0.274 e. The topological polar surface area (TPSA) is 80.1 Å². The second kappa shape index (κ2) is 10.3. The molecule has 0 radical (unpaired) electrons. The molecule has 6 rings (SSSR count).